The average Bonchev–Trinajstić information content (AvgIpc) is 2.43. The van der Waals surface area contributed by atoms with Crippen LogP contribution in [0.25, 0.3) is 0 Å². The van der Waals surface area contributed by atoms with Crippen molar-refractivity contribution in [2.24, 2.45) is 0 Å². The van der Waals surface area contributed by atoms with E-state index in [1.54, 1.807) is 4.90 Å². The van der Waals surface area contributed by atoms with Crippen LogP contribution < -0.4 is 5.32 Å². The summed E-state index contributed by atoms with van der Waals surface area (Å²) in [4.78, 5) is 12.6. The van der Waals surface area contributed by atoms with Gasteiger partial charge in [-0.05, 0) is 0 Å². The molecule has 0 bridgehead atoms. The molecule has 0 saturated carbocycles. The summed E-state index contributed by atoms with van der Waals surface area (Å²) in [6.45, 7) is 1.86. The predicted molar refractivity (Wildman–Crippen MR) is 34.7 cm³/mol. The lowest BCUT2D eigenvalue weighted by Crippen LogP contribution is -2.26. The smallest absolute Gasteiger partial charge is 0.410 e. The number of amides is 1. The fraction of sp³-hybridized carbons (Fsp3) is 0.833. The molecule has 2 fully saturated rings. The number of carbonyl (C=O) groups excluding carboxylic acids is 1. The van der Waals surface area contributed by atoms with E-state index in [4.69, 9.17) is 0 Å². The number of ether oxygens (including phenoxy) is 1. The van der Waals surface area contributed by atoms with Gasteiger partial charge in [0.25, 0.3) is 0 Å². The van der Waals surface area contributed by atoms with Gasteiger partial charge in [-0.25, -0.2) is 4.79 Å². The fourth-order valence-corrected chi connectivity index (χ4v) is 1.56. The van der Waals surface area contributed by atoms with Crippen molar-refractivity contribution >= 4 is 6.09 Å². The first-order chi connectivity index (χ1) is 4.84. The highest BCUT2D eigenvalue weighted by molar-refractivity contribution is 5.72. The fourth-order valence-electron chi connectivity index (χ4n) is 1.56. The van der Waals surface area contributed by atoms with Gasteiger partial charge in [-0.1, -0.05) is 0 Å². The van der Waals surface area contributed by atoms with Crippen LogP contribution in [-0.4, -0.2) is 43.3 Å². The molecule has 0 aromatic carbocycles. The molecule has 0 radical (unpaired) electrons. The van der Waals surface area contributed by atoms with Crippen LogP contribution in [0.1, 0.15) is 0 Å². The minimum atomic E-state index is -0.184. The first kappa shape index (κ1) is 5.97. The number of piperazine rings is 1. The molecule has 1 N–H and O–H groups in total. The van der Waals surface area contributed by atoms with E-state index in [1.165, 1.54) is 7.11 Å². The van der Waals surface area contributed by atoms with Crippen LogP contribution in [0.5, 0.6) is 0 Å². The van der Waals surface area contributed by atoms with Crippen LogP contribution in [0.3, 0.4) is 0 Å². The van der Waals surface area contributed by atoms with E-state index in [9.17, 15) is 4.79 Å². The van der Waals surface area contributed by atoms with Gasteiger partial charge in [-0.2, -0.15) is 0 Å². The molecule has 2 rings (SSSR count). The Morgan fingerprint density at radius 2 is 2.20 bits per heavy atom. The largest absolute Gasteiger partial charge is 0.453 e. The van der Waals surface area contributed by atoms with Gasteiger partial charge in [0, 0.05) is 13.1 Å². The molecule has 2 heterocycles. The van der Waals surface area contributed by atoms with Crippen molar-refractivity contribution in [1.82, 2.24) is 10.2 Å². The number of methoxy groups -OCH3 is 1. The molecule has 4 nitrogen and oxygen atoms in total. The second kappa shape index (κ2) is 1.85. The molecule has 2 aliphatic rings. The van der Waals surface area contributed by atoms with Crippen LogP contribution in [-0.2, 0) is 4.74 Å². The van der Waals surface area contributed by atoms with Crippen molar-refractivity contribution in [2.75, 3.05) is 20.2 Å². The molecule has 2 atom stereocenters. The minimum Gasteiger partial charge on any atom is -0.453 e. The molecule has 0 aromatic rings. The molecule has 4 heteroatoms. The van der Waals surface area contributed by atoms with Crippen LogP contribution in [0, 0.1) is 0 Å². The Bertz CT molecular complexity index is 161. The summed E-state index contributed by atoms with van der Waals surface area (Å²) < 4.78 is 4.57. The Balaban J connectivity index is 1.94. The summed E-state index contributed by atoms with van der Waals surface area (Å²) >= 11 is 0. The molecule has 1 amide bonds. The molecule has 2 saturated heterocycles. The topological polar surface area (TPSA) is 41.3 Å². The number of rotatable bonds is 0. The third-order valence-corrected chi connectivity index (χ3v) is 2.16. The zero-order chi connectivity index (χ0) is 7.14. The van der Waals surface area contributed by atoms with Gasteiger partial charge >= 0.3 is 6.09 Å². The monoisotopic (exact) mass is 142 g/mol. The highest BCUT2D eigenvalue weighted by Crippen LogP contribution is 2.31. The van der Waals surface area contributed by atoms with Crippen molar-refractivity contribution in [2.45, 2.75) is 12.1 Å². The predicted octanol–water partition coefficient (Wildman–Crippen LogP) is -0.591. The highest BCUT2D eigenvalue weighted by Gasteiger charge is 2.54. The maximum atomic E-state index is 10.9. The van der Waals surface area contributed by atoms with Crippen LogP contribution >= 0.6 is 0 Å². The number of carbonyl (C=O) groups is 1. The van der Waals surface area contributed by atoms with Gasteiger partial charge in [-0.3, -0.25) is 4.90 Å². The molecule has 0 spiro atoms. The van der Waals surface area contributed by atoms with E-state index in [0.29, 0.717) is 12.1 Å². The molecule has 0 aromatic heterocycles. The number of nitrogens with one attached hydrogen (secondary N) is 1. The number of nitrogens with zero attached hydrogens (tertiary/aromatic N) is 1. The van der Waals surface area contributed by atoms with Crippen molar-refractivity contribution in [3.05, 3.63) is 0 Å². The van der Waals surface area contributed by atoms with E-state index in [0.717, 1.165) is 13.1 Å². The van der Waals surface area contributed by atoms with Gasteiger partial charge in [0.2, 0.25) is 0 Å². The Morgan fingerprint density at radius 3 is 2.70 bits per heavy atom. The summed E-state index contributed by atoms with van der Waals surface area (Å²) in [6.07, 6.45) is -0.184. The first-order valence-corrected chi connectivity index (χ1v) is 3.41. The standard InChI is InChI=1S/C6H10N2O2/c1-10-6(9)8-4-2-7-3-5(4)8/h4-5,7H,2-3H2,1H3/t4-,5+,8?. The van der Waals surface area contributed by atoms with Gasteiger partial charge in [0.1, 0.15) is 0 Å². The van der Waals surface area contributed by atoms with Crippen molar-refractivity contribution in [1.29, 1.82) is 0 Å². The zero-order valence-corrected chi connectivity index (χ0v) is 5.83. The summed E-state index contributed by atoms with van der Waals surface area (Å²) in [5.74, 6) is 0. The van der Waals surface area contributed by atoms with Crippen molar-refractivity contribution in [3.8, 4) is 0 Å². The summed E-state index contributed by atoms with van der Waals surface area (Å²) in [5, 5.41) is 3.18. The highest BCUT2D eigenvalue weighted by atomic mass is 16.5. The first-order valence-electron chi connectivity index (χ1n) is 3.41. The van der Waals surface area contributed by atoms with Gasteiger partial charge < -0.3 is 10.1 Å². The van der Waals surface area contributed by atoms with E-state index in [2.05, 4.69) is 10.1 Å². The van der Waals surface area contributed by atoms with E-state index in [1.807, 2.05) is 0 Å². The van der Waals surface area contributed by atoms with Crippen LogP contribution in [0.2, 0.25) is 0 Å². The van der Waals surface area contributed by atoms with Crippen LogP contribution in [0.4, 0.5) is 4.79 Å². The molecular formula is C6H10N2O2. The summed E-state index contributed by atoms with van der Waals surface area (Å²) in [6, 6.07) is 0.847. The Hall–Kier alpha value is -0.770. The quantitative estimate of drug-likeness (QED) is 0.459. The van der Waals surface area contributed by atoms with E-state index < -0.39 is 0 Å². The molecule has 0 aliphatic carbocycles. The minimum absolute atomic E-state index is 0.184. The number of hydrogen-bond acceptors (Lipinski definition) is 3. The third kappa shape index (κ3) is 0.623. The maximum absolute atomic E-state index is 10.9. The normalized spacial score (nSPS) is 35.5. The Kier molecular flexibility index (Phi) is 1.11. The Morgan fingerprint density at radius 1 is 1.60 bits per heavy atom. The Labute approximate surface area is 59.1 Å². The lowest BCUT2D eigenvalue weighted by Gasteiger charge is -2.05. The molecule has 56 valence electrons. The summed E-state index contributed by atoms with van der Waals surface area (Å²) in [7, 11) is 1.42. The van der Waals surface area contributed by atoms with Gasteiger partial charge in [0.05, 0.1) is 19.2 Å². The molecule has 10 heavy (non-hydrogen) atoms. The summed E-state index contributed by atoms with van der Waals surface area (Å²) in [5.41, 5.74) is 0. The van der Waals surface area contributed by atoms with Gasteiger partial charge in [-0.15, -0.1) is 0 Å². The zero-order valence-electron chi connectivity index (χ0n) is 5.83. The lowest BCUT2D eigenvalue weighted by molar-refractivity contribution is 0.148. The SMILES string of the molecule is COC(=O)N1[C@@H]2CNC[C@@H]21. The van der Waals surface area contributed by atoms with Crippen molar-refractivity contribution in [3.63, 3.8) is 0 Å². The lowest BCUT2D eigenvalue weighted by atomic mass is 10.4. The maximum Gasteiger partial charge on any atom is 0.410 e. The van der Waals surface area contributed by atoms with Gasteiger partial charge in [0.15, 0.2) is 0 Å². The van der Waals surface area contributed by atoms with Crippen LogP contribution in [0.15, 0.2) is 0 Å². The van der Waals surface area contributed by atoms with Crippen molar-refractivity contribution < 1.29 is 9.53 Å². The third-order valence-electron chi connectivity index (χ3n) is 2.16. The van der Waals surface area contributed by atoms with E-state index >= 15 is 0 Å². The average molecular weight is 142 g/mol. The molecule has 2 aliphatic heterocycles. The number of fused-ring (bicyclic) bond motifs is 1. The molecular weight excluding hydrogens is 132 g/mol. The second-order valence-corrected chi connectivity index (χ2v) is 2.67. The second-order valence-electron chi connectivity index (χ2n) is 2.67. The molecule has 0 unspecified atom stereocenters. The number of hydrogen-bond donors (Lipinski definition) is 1. The van der Waals surface area contributed by atoms with E-state index in [-0.39, 0.29) is 6.09 Å².